The van der Waals surface area contributed by atoms with Crippen molar-refractivity contribution >= 4 is 10.9 Å². The molecule has 3 heteroatoms. The number of hydrogen-bond acceptors (Lipinski definition) is 2. The molecule has 0 spiro atoms. The summed E-state index contributed by atoms with van der Waals surface area (Å²) in [7, 11) is -0.149. The molecule has 27 heavy (non-hydrogen) atoms. The Labute approximate surface area is 165 Å². The first-order chi connectivity index (χ1) is 13.2. The maximum Gasteiger partial charge on any atom is 0.171 e. The zero-order valence-electron chi connectivity index (χ0n) is 16.1. The van der Waals surface area contributed by atoms with E-state index in [-0.39, 0.29) is 17.5 Å². The van der Waals surface area contributed by atoms with Gasteiger partial charge < -0.3 is 5.11 Å². The molecule has 140 valence electrons. The zero-order valence-corrected chi connectivity index (χ0v) is 16.9. The summed E-state index contributed by atoms with van der Waals surface area (Å²) in [6.07, 6.45) is 0. The summed E-state index contributed by atoms with van der Waals surface area (Å²) in [5.74, 6) is 0. The smallest absolute Gasteiger partial charge is 0.171 e. The molecule has 3 aromatic rings. The van der Waals surface area contributed by atoms with E-state index in [9.17, 15) is 5.11 Å². The van der Waals surface area contributed by atoms with E-state index in [0.717, 1.165) is 6.54 Å². The molecule has 3 rings (SSSR count). The zero-order chi connectivity index (χ0) is 19.1. The van der Waals surface area contributed by atoms with Crippen molar-refractivity contribution in [3.05, 3.63) is 90.5 Å². The summed E-state index contributed by atoms with van der Waals surface area (Å²) >= 11 is 0. The van der Waals surface area contributed by atoms with Gasteiger partial charge in [0.2, 0.25) is 0 Å². The number of nitrogens with zero attached hydrogens (tertiary/aromatic N) is 1. The first kappa shape index (κ1) is 19.7. The van der Waals surface area contributed by atoms with Gasteiger partial charge in [0.05, 0.1) is 17.5 Å². The second kappa shape index (κ2) is 9.75. The van der Waals surface area contributed by atoms with Crippen molar-refractivity contribution in [1.29, 1.82) is 0 Å². The molecule has 1 N–H and O–H groups in total. The summed E-state index contributed by atoms with van der Waals surface area (Å²) in [5, 5.41) is 9.46. The summed E-state index contributed by atoms with van der Waals surface area (Å²) in [6.45, 7) is 6.09. The Bertz CT molecular complexity index is 781. The van der Waals surface area contributed by atoms with Gasteiger partial charge in [0.1, 0.15) is 0 Å². The Hall–Kier alpha value is -2.07. The monoisotopic (exact) mass is 378 g/mol. The highest BCUT2D eigenvalue weighted by molar-refractivity contribution is 7.97. The predicted octanol–water partition coefficient (Wildman–Crippen LogP) is 4.98. The SMILES string of the molecule is CC(C)N(CCO)Cc1ccccc1[S+](c1ccccc1)c1ccccc1. The fraction of sp³-hybridized carbons (Fsp3) is 0.250. The van der Waals surface area contributed by atoms with Gasteiger partial charge in [-0.1, -0.05) is 54.6 Å². The Morgan fingerprint density at radius 3 is 1.81 bits per heavy atom. The van der Waals surface area contributed by atoms with Gasteiger partial charge in [0, 0.05) is 24.7 Å². The standard InChI is InChI=1S/C24H28NOS/c1-20(2)25(17-18-26)19-21-11-9-10-16-24(21)27(22-12-5-3-6-13-22)23-14-7-4-8-15-23/h3-16,20,26H,17-19H2,1-2H3/q+1. The van der Waals surface area contributed by atoms with E-state index < -0.39 is 0 Å². The molecule has 0 fully saturated rings. The van der Waals surface area contributed by atoms with Crippen LogP contribution in [0.15, 0.2) is 99.6 Å². The average Bonchev–Trinajstić information content (AvgIpc) is 2.70. The van der Waals surface area contributed by atoms with Crippen molar-refractivity contribution in [3.63, 3.8) is 0 Å². The third-order valence-electron chi connectivity index (χ3n) is 4.64. The highest BCUT2D eigenvalue weighted by Gasteiger charge is 2.31. The molecule has 0 unspecified atom stereocenters. The summed E-state index contributed by atoms with van der Waals surface area (Å²) in [5.41, 5.74) is 1.33. The summed E-state index contributed by atoms with van der Waals surface area (Å²) in [6, 6.07) is 30.6. The van der Waals surface area contributed by atoms with Crippen LogP contribution >= 0.6 is 0 Å². The third-order valence-corrected chi connectivity index (χ3v) is 6.97. The number of hydrogen-bond donors (Lipinski definition) is 1. The van der Waals surface area contributed by atoms with E-state index in [1.807, 2.05) is 0 Å². The number of benzene rings is 3. The molecule has 0 aliphatic carbocycles. The van der Waals surface area contributed by atoms with Crippen LogP contribution in [0.3, 0.4) is 0 Å². The van der Waals surface area contributed by atoms with Crippen LogP contribution in [-0.4, -0.2) is 29.2 Å². The lowest BCUT2D eigenvalue weighted by Crippen LogP contribution is -2.33. The predicted molar refractivity (Wildman–Crippen MR) is 114 cm³/mol. The minimum absolute atomic E-state index is 0.149. The molecule has 0 atom stereocenters. The highest BCUT2D eigenvalue weighted by Crippen LogP contribution is 2.33. The number of aliphatic hydroxyl groups is 1. The van der Waals surface area contributed by atoms with Crippen molar-refractivity contribution in [1.82, 2.24) is 4.90 Å². The molecule has 0 heterocycles. The topological polar surface area (TPSA) is 23.5 Å². The number of rotatable bonds is 8. The van der Waals surface area contributed by atoms with Gasteiger partial charge in [-0.2, -0.15) is 0 Å². The molecule has 0 bridgehead atoms. The van der Waals surface area contributed by atoms with Crippen molar-refractivity contribution < 1.29 is 5.11 Å². The summed E-state index contributed by atoms with van der Waals surface area (Å²) in [4.78, 5) is 6.35. The van der Waals surface area contributed by atoms with Crippen molar-refractivity contribution in [2.45, 2.75) is 41.1 Å². The minimum Gasteiger partial charge on any atom is -0.395 e. The van der Waals surface area contributed by atoms with E-state index in [1.165, 1.54) is 20.2 Å². The van der Waals surface area contributed by atoms with Gasteiger partial charge in [0.15, 0.2) is 14.7 Å². The lowest BCUT2D eigenvalue weighted by Gasteiger charge is -2.26. The maximum absolute atomic E-state index is 9.46. The van der Waals surface area contributed by atoms with Crippen molar-refractivity contribution in [3.8, 4) is 0 Å². The van der Waals surface area contributed by atoms with Crippen LogP contribution in [0.1, 0.15) is 19.4 Å². The van der Waals surface area contributed by atoms with Crippen LogP contribution in [0.4, 0.5) is 0 Å². The molecule has 0 saturated carbocycles. The molecule has 0 aliphatic heterocycles. The van der Waals surface area contributed by atoms with Gasteiger partial charge in [-0.25, -0.2) is 0 Å². The Kier molecular flexibility index (Phi) is 7.11. The van der Waals surface area contributed by atoms with Gasteiger partial charge in [-0.3, -0.25) is 4.90 Å². The fourth-order valence-electron chi connectivity index (χ4n) is 3.20. The molecule has 0 radical (unpaired) electrons. The minimum atomic E-state index is -0.149. The largest absolute Gasteiger partial charge is 0.395 e. The molecule has 0 aliphatic rings. The molecule has 0 aromatic heterocycles. The highest BCUT2D eigenvalue weighted by atomic mass is 32.2. The first-order valence-electron chi connectivity index (χ1n) is 9.48. The van der Waals surface area contributed by atoms with Crippen LogP contribution in [0.25, 0.3) is 0 Å². The van der Waals surface area contributed by atoms with Crippen LogP contribution in [-0.2, 0) is 17.4 Å². The lowest BCUT2D eigenvalue weighted by molar-refractivity contribution is 0.158. The maximum atomic E-state index is 9.46. The van der Waals surface area contributed by atoms with Crippen LogP contribution in [0, 0.1) is 0 Å². The Balaban J connectivity index is 2.06. The first-order valence-corrected chi connectivity index (χ1v) is 10.7. The fourth-order valence-corrected chi connectivity index (χ4v) is 5.45. The summed E-state index contributed by atoms with van der Waals surface area (Å²) < 4.78 is 0. The Morgan fingerprint density at radius 1 is 0.778 bits per heavy atom. The van der Waals surface area contributed by atoms with Crippen molar-refractivity contribution in [2.24, 2.45) is 0 Å². The van der Waals surface area contributed by atoms with Crippen LogP contribution < -0.4 is 0 Å². The van der Waals surface area contributed by atoms with Crippen LogP contribution in [0.2, 0.25) is 0 Å². The van der Waals surface area contributed by atoms with Gasteiger partial charge in [-0.15, -0.1) is 0 Å². The van der Waals surface area contributed by atoms with E-state index in [2.05, 4.69) is 104 Å². The second-order valence-corrected chi connectivity index (χ2v) is 8.82. The van der Waals surface area contributed by atoms with E-state index in [4.69, 9.17) is 0 Å². The molecular weight excluding hydrogens is 350 g/mol. The molecule has 0 amide bonds. The van der Waals surface area contributed by atoms with Crippen molar-refractivity contribution in [2.75, 3.05) is 13.2 Å². The molecule has 3 aromatic carbocycles. The second-order valence-electron chi connectivity index (χ2n) is 6.83. The number of aliphatic hydroxyl groups excluding tert-OH is 1. The van der Waals surface area contributed by atoms with E-state index in [1.54, 1.807) is 0 Å². The Morgan fingerprint density at radius 2 is 1.30 bits per heavy atom. The van der Waals surface area contributed by atoms with Gasteiger partial charge >= 0.3 is 0 Å². The molecular formula is C24H28NOS+. The van der Waals surface area contributed by atoms with Gasteiger partial charge in [-0.05, 0) is 44.2 Å². The third kappa shape index (κ3) is 5.01. The molecule has 2 nitrogen and oxygen atoms in total. The average molecular weight is 379 g/mol. The quantitative estimate of drug-likeness (QED) is 0.559. The normalized spacial score (nSPS) is 11.5. The lowest BCUT2D eigenvalue weighted by atomic mass is 10.2. The van der Waals surface area contributed by atoms with E-state index >= 15 is 0 Å². The van der Waals surface area contributed by atoms with Crippen LogP contribution in [0.5, 0.6) is 0 Å². The molecule has 0 saturated heterocycles. The van der Waals surface area contributed by atoms with Gasteiger partial charge in [0.25, 0.3) is 0 Å². The van der Waals surface area contributed by atoms with E-state index in [0.29, 0.717) is 12.6 Å².